The van der Waals surface area contributed by atoms with Gasteiger partial charge in [-0.05, 0) is 42.0 Å². The van der Waals surface area contributed by atoms with E-state index in [4.69, 9.17) is 51.1 Å². The number of nitrogens with zero attached hydrogens (tertiary/aromatic N) is 2. The zero-order valence-corrected chi connectivity index (χ0v) is 18.5. The molecule has 3 nitrogen and oxygen atoms in total. The zero-order valence-electron chi connectivity index (χ0n) is 15.4. The molecule has 3 aromatic carbocycles. The molecule has 4 aromatic rings. The van der Waals surface area contributed by atoms with Crippen LogP contribution in [0.2, 0.25) is 20.1 Å². The molecule has 0 N–H and O–H groups in total. The summed E-state index contributed by atoms with van der Waals surface area (Å²) in [5.74, 6) is 0. The first kappa shape index (κ1) is 21.0. The molecule has 0 aliphatic carbocycles. The summed E-state index contributed by atoms with van der Waals surface area (Å²) in [6.45, 7) is 0.219. The molecule has 150 valence electrons. The van der Waals surface area contributed by atoms with E-state index in [1.807, 2.05) is 54.6 Å². The smallest absolute Gasteiger partial charge is 0.317 e. The van der Waals surface area contributed by atoms with Gasteiger partial charge in [0.05, 0.1) is 5.69 Å². The molecule has 0 aliphatic rings. The Kier molecular flexibility index (Phi) is 6.45. The van der Waals surface area contributed by atoms with Gasteiger partial charge in [0, 0.05) is 43.0 Å². The summed E-state index contributed by atoms with van der Waals surface area (Å²) >= 11 is 24.3. The van der Waals surface area contributed by atoms with E-state index >= 15 is 0 Å². The summed E-state index contributed by atoms with van der Waals surface area (Å²) in [5.41, 5.74) is 4.20. The van der Waals surface area contributed by atoms with Gasteiger partial charge in [0.2, 0.25) is 0 Å². The van der Waals surface area contributed by atoms with Gasteiger partial charge in [-0.25, -0.2) is 4.98 Å². The Bertz CT molecular complexity index is 1180. The lowest BCUT2D eigenvalue weighted by atomic mass is 10.0. The van der Waals surface area contributed by atoms with Crippen LogP contribution in [0.25, 0.3) is 22.4 Å². The summed E-state index contributed by atoms with van der Waals surface area (Å²) in [5, 5.41) is 2.40. The first-order chi connectivity index (χ1) is 14.5. The summed E-state index contributed by atoms with van der Waals surface area (Å²) in [6, 6.07) is 20.4. The van der Waals surface area contributed by atoms with Crippen LogP contribution in [-0.2, 0) is 6.61 Å². The van der Waals surface area contributed by atoms with Crippen molar-refractivity contribution in [2.24, 2.45) is 0 Å². The average Bonchev–Trinajstić information content (AvgIpc) is 2.74. The van der Waals surface area contributed by atoms with Crippen LogP contribution in [0.5, 0.6) is 6.01 Å². The van der Waals surface area contributed by atoms with Crippen LogP contribution in [-0.4, -0.2) is 9.97 Å². The molecule has 0 atom stereocenters. The van der Waals surface area contributed by atoms with E-state index in [1.54, 1.807) is 18.3 Å². The van der Waals surface area contributed by atoms with Crippen LogP contribution in [0.4, 0.5) is 0 Å². The molecule has 30 heavy (non-hydrogen) atoms. The molecule has 0 unspecified atom stereocenters. The SMILES string of the molecule is Clc1ccc(-c2cnc(OCc3ccc(Cl)cc3Cl)nc2-c2ccc(Cl)cc2)cc1. The van der Waals surface area contributed by atoms with Crippen LogP contribution in [0, 0.1) is 0 Å². The van der Waals surface area contributed by atoms with Crippen molar-refractivity contribution in [1.29, 1.82) is 0 Å². The molecule has 1 aromatic heterocycles. The second kappa shape index (κ2) is 9.23. The average molecular weight is 476 g/mol. The first-order valence-electron chi connectivity index (χ1n) is 8.95. The lowest BCUT2D eigenvalue weighted by Crippen LogP contribution is -2.02. The number of halogens is 4. The van der Waals surface area contributed by atoms with Crippen molar-refractivity contribution >= 4 is 46.4 Å². The summed E-state index contributed by atoms with van der Waals surface area (Å²) in [4.78, 5) is 9.04. The highest BCUT2D eigenvalue weighted by Gasteiger charge is 2.13. The van der Waals surface area contributed by atoms with Crippen LogP contribution >= 0.6 is 46.4 Å². The minimum atomic E-state index is 0.219. The molecular formula is C23H14Cl4N2O. The number of hydrogen-bond donors (Lipinski definition) is 0. The molecular weight excluding hydrogens is 462 g/mol. The maximum Gasteiger partial charge on any atom is 0.317 e. The van der Waals surface area contributed by atoms with E-state index in [0.717, 1.165) is 27.9 Å². The summed E-state index contributed by atoms with van der Waals surface area (Å²) in [7, 11) is 0. The Labute approximate surface area is 194 Å². The van der Waals surface area contributed by atoms with Gasteiger partial charge >= 0.3 is 6.01 Å². The van der Waals surface area contributed by atoms with Crippen LogP contribution < -0.4 is 4.74 Å². The Morgan fingerprint density at radius 2 is 1.30 bits per heavy atom. The minimum Gasteiger partial charge on any atom is -0.459 e. The van der Waals surface area contributed by atoms with E-state index < -0.39 is 0 Å². The number of ether oxygens (including phenoxy) is 1. The highest BCUT2D eigenvalue weighted by Crippen LogP contribution is 2.33. The lowest BCUT2D eigenvalue weighted by Gasteiger charge is -2.12. The van der Waals surface area contributed by atoms with Crippen molar-refractivity contribution in [2.75, 3.05) is 0 Å². The third-order valence-corrected chi connectivity index (χ3v) is 5.50. The van der Waals surface area contributed by atoms with Gasteiger partial charge in [0.1, 0.15) is 6.61 Å². The number of hydrogen-bond acceptors (Lipinski definition) is 3. The molecule has 0 fully saturated rings. The molecule has 0 saturated heterocycles. The number of benzene rings is 3. The third kappa shape index (κ3) is 4.88. The zero-order chi connectivity index (χ0) is 21.1. The van der Waals surface area contributed by atoms with E-state index in [0.29, 0.717) is 20.1 Å². The molecule has 0 aliphatic heterocycles. The predicted molar refractivity (Wildman–Crippen MR) is 124 cm³/mol. The van der Waals surface area contributed by atoms with E-state index in [1.165, 1.54) is 0 Å². The predicted octanol–water partition coefficient (Wildman–Crippen LogP) is 8.00. The Morgan fingerprint density at radius 1 is 0.700 bits per heavy atom. The fourth-order valence-corrected chi connectivity index (χ4v) is 3.60. The van der Waals surface area contributed by atoms with Gasteiger partial charge < -0.3 is 4.74 Å². The molecule has 4 rings (SSSR count). The lowest BCUT2D eigenvalue weighted by molar-refractivity contribution is 0.281. The second-order valence-electron chi connectivity index (χ2n) is 6.45. The molecule has 0 spiro atoms. The highest BCUT2D eigenvalue weighted by atomic mass is 35.5. The highest BCUT2D eigenvalue weighted by molar-refractivity contribution is 6.35. The van der Waals surface area contributed by atoms with Crippen molar-refractivity contribution < 1.29 is 4.74 Å². The van der Waals surface area contributed by atoms with Crippen molar-refractivity contribution in [3.05, 3.63) is 98.6 Å². The van der Waals surface area contributed by atoms with Gasteiger partial charge in [-0.15, -0.1) is 0 Å². The molecule has 0 radical (unpaired) electrons. The molecule has 7 heteroatoms. The summed E-state index contributed by atoms with van der Waals surface area (Å²) in [6.07, 6.45) is 1.74. The monoisotopic (exact) mass is 474 g/mol. The Balaban J connectivity index is 1.70. The van der Waals surface area contributed by atoms with Crippen molar-refractivity contribution in [3.63, 3.8) is 0 Å². The van der Waals surface area contributed by atoms with Gasteiger partial charge in [-0.1, -0.05) is 76.7 Å². The van der Waals surface area contributed by atoms with Crippen LogP contribution in [0.1, 0.15) is 5.56 Å². The van der Waals surface area contributed by atoms with Crippen LogP contribution in [0.15, 0.2) is 72.9 Å². The van der Waals surface area contributed by atoms with Crippen molar-refractivity contribution in [2.45, 2.75) is 6.61 Å². The van der Waals surface area contributed by atoms with Gasteiger partial charge in [-0.2, -0.15) is 4.98 Å². The topological polar surface area (TPSA) is 35.0 Å². The normalized spacial score (nSPS) is 10.8. The molecule has 0 saturated carbocycles. The summed E-state index contributed by atoms with van der Waals surface area (Å²) < 4.78 is 5.81. The minimum absolute atomic E-state index is 0.219. The van der Waals surface area contributed by atoms with Gasteiger partial charge in [-0.3, -0.25) is 0 Å². The van der Waals surface area contributed by atoms with E-state index in [9.17, 15) is 0 Å². The van der Waals surface area contributed by atoms with Crippen LogP contribution in [0.3, 0.4) is 0 Å². The molecule has 0 bridgehead atoms. The molecule has 0 amide bonds. The van der Waals surface area contributed by atoms with Crippen molar-refractivity contribution in [3.8, 4) is 28.4 Å². The maximum absolute atomic E-state index is 6.23. The van der Waals surface area contributed by atoms with Crippen molar-refractivity contribution in [1.82, 2.24) is 9.97 Å². The Hall–Kier alpha value is -2.30. The fraction of sp³-hybridized carbons (Fsp3) is 0.0435. The molecule has 1 heterocycles. The first-order valence-corrected chi connectivity index (χ1v) is 10.5. The third-order valence-electron chi connectivity index (χ3n) is 4.41. The Morgan fingerprint density at radius 3 is 1.93 bits per heavy atom. The largest absolute Gasteiger partial charge is 0.459 e. The van der Waals surface area contributed by atoms with E-state index in [-0.39, 0.29) is 12.6 Å². The second-order valence-corrected chi connectivity index (χ2v) is 8.17. The number of aromatic nitrogens is 2. The standard InChI is InChI=1S/C23H14Cl4N2O/c24-17-6-1-14(2-7-17)20-12-28-23(29-22(20)15-3-8-18(25)9-4-15)30-13-16-5-10-19(26)11-21(16)27/h1-12H,13H2. The van der Waals surface area contributed by atoms with Gasteiger partial charge in [0.15, 0.2) is 0 Å². The maximum atomic E-state index is 6.23. The number of rotatable bonds is 5. The fourth-order valence-electron chi connectivity index (χ4n) is 2.88. The van der Waals surface area contributed by atoms with Gasteiger partial charge in [0.25, 0.3) is 0 Å². The quantitative estimate of drug-likeness (QED) is 0.293. The van der Waals surface area contributed by atoms with E-state index in [2.05, 4.69) is 9.97 Å².